The number of carboxylic acid groups (broad SMARTS) is 1. The topological polar surface area (TPSA) is 95.5 Å². The first-order valence-corrected chi connectivity index (χ1v) is 10.9. The molecule has 2 fully saturated rings. The van der Waals surface area contributed by atoms with Crippen molar-refractivity contribution in [2.75, 3.05) is 5.32 Å². The minimum absolute atomic E-state index is 0.0920. The Kier molecular flexibility index (Phi) is 5.21. The Labute approximate surface area is 162 Å². The molecule has 4 rings (SSSR count). The molecule has 27 heavy (non-hydrogen) atoms. The van der Waals surface area contributed by atoms with Crippen molar-refractivity contribution < 1.29 is 19.5 Å². The molecule has 2 atom stereocenters. The van der Waals surface area contributed by atoms with Crippen LogP contribution in [0, 0.1) is 11.8 Å². The molecule has 0 unspecified atom stereocenters. The van der Waals surface area contributed by atoms with Gasteiger partial charge in [0.25, 0.3) is 5.91 Å². The number of amides is 2. The summed E-state index contributed by atoms with van der Waals surface area (Å²) in [7, 11) is 0. The fourth-order valence-electron chi connectivity index (χ4n) is 4.32. The third kappa shape index (κ3) is 3.88. The highest BCUT2D eigenvalue weighted by Gasteiger charge is 2.37. The van der Waals surface area contributed by atoms with E-state index in [1.165, 1.54) is 16.2 Å². The van der Waals surface area contributed by atoms with Gasteiger partial charge in [-0.3, -0.25) is 14.4 Å². The Morgan fingerprint density at radius 2 is 1.63 bits per heavy atom. The molecule has 1 aromatic rings. The van der Waals surface area contributed by atoms with E-state index in [0.29, 0.717) is 23.4 Å². The van der Waals surface area contributed by atoms with Crippen LogP contribution in [-0.2, 0) is 22.4 Å². The Hall–Kier alpha value is -1.89. The highest BCUT2D eigenvalue weighted by atomic mass is 32.1. The predicted octanol–water partition coefficient (Wildman–Crippen LogP) is 3.35. The normalized spacial score (nSPS) is 24.7. The minimum atomic E-state index is -0.896. The van der Waals surface area contributed by atoms with Crippen molar-refractivity contribution in [1.29, 1.82) is 0 Å². The minimum Gasteiger partial charge on any atom is -0.481 e. The first kappa shape index (κ1) is 18.5. The van der Waals surface area contributed by atoms with Crippen LogP contribution in [0.3, 0.4) is 0 Å². The lowest BCUT2D eigenvalue weighted by Crippen LogP contribution is -2.36. The number of aliphatic carboxylic acids is 1. The number of carbonyl (C=O) groups is 3. The van der Waals surface area contributed by atoms with Crippen LogP contribution in [0.25, 0.3) is 0 Å². The van der Waals surface area contributed by atoms with Gasteiger partial charge in [-0.1, -0.05) is 12.8 Å². The van der Waals surface area contributed by atoms with Gasteiger partial charge in [0, 0.05) is 10.9 Å². The average Bonchev–Trinajstić information content (AvgIpc) is 3.39. The van der Waals surface area contributed by atoms with Crippen molar-refractivity contribution in [3.05, 3.63) is 16.0 Å². The van der Waals surface area contributed by atoms with E-state index in [-0.39, 0.29) is 17.9 Å². The maximum absolute atomic E-state index is 12.9. The van der Waals surface area contributed by atoms with Crippen molar-refractivity contribution in [3.8, 4) is 0 Å². The van der Waals surface area contributed by atoms with Crippen LogP contribution in [0.2, 0.25) is 0 Å². The molecule has 3 N–H and O–H groups in total. The van der Waals surface area contributed by atoms with Gasteiger partial charge in [-0.05, 0) is 56.9 Å². The molecule has 0 bridgehead atoms. The number of anilines is 1. The summed E-state index contributed by atoms with van der Waals surface area (Å²) >= 11 is 1.50. The number of thiophene rings is 1. The molecular weight excluding hydrogens is 364 g/mol. The summed E-state index contributed by atoms with van der Waals surface area (Å²) in [6.45, 7) is 0. The number of rotatable bonds is 5. The van der Waals surface area contributed by atoms with Gasteiger partial charge in [0.1, 0.15) is 5.00 Å². The second kappa shape index (κ2) is 7.62. The monoisotopic (exact) mass is 390 g/mol. The SMILES string of the molecule is O=C(NC1CC1)c1c(NC(=O)[C@H]2CCCC[C@@H]2C(=O)O)sc2c1CCCC2. The molecule has 3 aliphatic carbocycles. The highest BCUT2D eigenvalue weighted by molar-refractivity contribution is 7.17. The van der Waals surface area contributed by atoms with Crippen LogP contribution >= 0.6 is 11.3 Å². The van der Waals surface area contributed by atoms with E-state index in [1.807, 2.05) is 0 Å². The zero-order valence-electron chi connectivity index (χ0n) is 15.4. The number of aryl methyl sites for hydroxylation is 1. The van der Waals surface area contributed by atoms with Gasteiger partial charge in [0.05, 0.1) is 17.4 Å². The van der Waals surface area contributed by atoms with E-state index in [2.05, 4.69) is 10.6 Å². The highest BCUT2D eigenvalue weighted by Crippen LogP contribution is 2.40. The number of hydrogen-bond acceptors (Lipinski definition) is 4. The lowest BCUT2D eigenvalue weighted by Gasteiger charge is -2.27. The molecule has 2 amide bonds. The molecule has 0 spiro atoms. The number of carbonyl (C=O) groups excluding carboxylic acids is 2. The molecule has 6 nitrogen and oxygen atoms in total. The molecule has 0 aromatic carbocycles. The van der Waals surface area contributed by atoms with Gasteiger partial charge in [0.15, 0.2) is 0 Å². The molecule has 7 heteroatoms. The quantitative estimate of drug-likeness (QED) is 0.718. The van der Waals surface area contributed by atoms with E-state index in [4.69, 9.17) is 0 Å². The fourth-order valence-corrected chi connectivity index (χ4v) is 5.61. The molecule has 146 valence electrons. The van der Waals surface area contributed by atoms with Gasteiger partial charge < -0.3 is 15.7 Å². The second-order valence-electron chi connectivity index (χ2n) is 7.99. The second-order valence-corrected chi connectivity index (χ2v) is 9.09. The van der Waals surface area contributed by atoms with Crippen molar-refractivity contribution in [1.82, 2.24) is 5.32 Å². The molecular formula is C20H26N2O4S. The molecule has 1 aromatic heterocycles. The largest absolute Gasteiger partial charge is 0.481 e. The van der Waals surface area contributed by atoms with Crippen LogP contribution in [0.15, 0.2) is 0 Å². The molecule has 2 saturated carbocycles. The summed E-state index contributed by atoms with van der Waals surface area (Å²) in [5.41, 5.74) is 1.70. The lowest BCUT2D eigenvalue weighted by atomic mass is 9.78. The van der Waals surface area contributed by atoms with Gasteiger partial charge in [-0.25, -0.2) is 0 Å². The molecule has 0 saturated heterocycles. The van der Waals surface area contributed by atoms with Gasteiger partial charge in [-0.2, -0.15) is 0 Å². The van der Waals surface area contributed by atoms with Crippen molar-refractivity contribution >= 4 is 34.1 Å². The first-order chi connectivity index (χ1) is 13.0. The summed E-state index contributed by atoms with van der Waals surface area (Å²) in [6.07, 6.45) is 8.88. The maximum atomic E-state index is 12.9. The van der Waals surface area contributed by atoms with Crippen LogP contribution in [0.4, 0.5) is 5.00 Å². The maximum Gasteiger partial charge on any atom is 0.307 e. The van der Waals surface area contributed by atoms with Crippen molar-refractivity contribution in [3.63, 3.8) is 0 Å². The summed E-state index contributed by atoms with van der Waals surface area (Å²) in [5, 5.41) is 16.1. The van der Waals surface area contributed by atoms with Crippen molar-refractivity contribution in [2.45, 2.75) is 70.3 Å². The first-order valence-electron chi connectivity index (χ1n) is 10.0. The average molecular weight is 391 g/mol. The van der Waals surface area contributed by atoms with Crippen LogP contribution in [0.1, 0.15) is 72.2 Å². The smallest absolute Gasteiger partial charge is 0.307 e. The predicted molar refractivity (Wildman–Crippen MR) is 103 cm³/mol. The molecule has 0 aliphatic heterocycles. The number of hydrogen-bond donors (Lipinski definition) is 3. The van der Waals surface area contributed by atoms with Gasteiger partial charge in [0.2, 0.25) is 5.91 Å². The van der Waals surface area contributed by atoms with E-state index in [9.17, 15) is 19.5 Å². The summed E-state index contributed by atoms with van der Waals surface area (Å²) in [5.74, 6) is -2.38. The third-order valence-electron chi connectivity index (χ3n) is 5.97. The van der Waals surface area contributed by atoms with E-state index >= 15 is 0 Å². The van der Waals surface area contributed by atoms with Crippen LogP contribution in [0.5, 0.6) is 0 Å². The zero-order chi connectivity index (χ0) is 19.0. The van der Waals surface area contributed by atoms with E-state index < -0.39 is 17.8 Å². The standard InChI is InChI=1S/C20H26N2O4S/c23-17(12-5-1-2-6-13(12)20(25)26)22-19-16(18(24)21-11-9-10-11)14-7-3-4-8-15(14)27-19/h11-13H,1-10H2,(H,21,24)(H,22,23)(H,25,26)/t12-,13-/m0/s1. The fraction of sp³-hybridized carbons (Fsp3) is 0.650. The Balaban J connectivity index is 1.58. The van der Waals surface area contributed by atoms with Gasteiger partial charge in [-0.15, -0.1) is 11.3 Å². The van der Waals surface area contributed by atoms with Crippen LogP contribution < -0.4 is 10.6 Å². The zero-order valence-corrected chi connectivity index (χ0v) is 16.2. The van der Waals surface area contributed by atoms with Gasteiger partial charge >= 0.3 is 5.97 Å². The number of nitrogens with one attached hydrogen (secondary N) is 2. The van der Waals surface area contributed by atoms with Crippen LogP contribution in [-0.4, -0.2) is 28.9 Å². The molecule has 3 aliphatic rings. The van der Waals surface area contributed by atoms with E-state index in [1.54, 1.807) is 0 Å². The summed E-state index contributed by atoms with van der Waals surface area (Å²) in [6, 6.07) is 0.259. The Morgan fingerprint density at radius 3 is 2.33 bits per heavy atom. The Morgan fingerprint density at radius 1 is 0.926 bits per heavy atom. The third-order valence-corrected chi connectivity index (χ3v) is 7.17. The lowest BCUT2D eigenvalue weighted by molar-refractivity contribution is -0.147. The number of fused-ring (bicyclic) bond motifs is 1. The number of carboxylic acids is 1. The summed E-state index contributed by atoms with van der Waals surface area (Å²) < 4.78 is 0. The molecule has 1 heterocycles. The molecule has 0 radical (unpaired) electrons. The van der Waals surface area contributed by atoms with Crippen molar-refractivity contribution in [2.24, 2.45) is 11.8 Å². The van der Waals surface area contributed by atoms with E-state index in [0.717, 1.165) is 56.9 Å². The summed E-state index contributed by atoms with van der Waals surface area (Å²) in [4.78, 5) is 38.5. The Bertz CT molecular complexity index is 768.